The second-order valence-corrected chi connectivity index (χ2v) is 13.7. The summed E-state index contributed by atoms with van der Waals surface area (Å²) in [5, 5.41) is 7.16. The van der Waals surface area contributed by atoms with Crippen LogP contribution < -0.4 is 9.80 Å². The largest absolute Gasteiger partial charge is 0.454 e. The number of hydrogen-bond donors (Lipinski definition) is 0. The van der Waals surface area contributed by atoms with Crippen molar-refractivity contribution in [3.05, 3.63) is 182 Å². The molecule has 0 aliphatic heterocycles. The molecule has 0 fully saturated rings. The summed E-state index contributed by atoms with van der Waals surface area (Å²) < 4.78 is 9.10. The summed E-state index contributed by atoms with van der Waals surface area (Å²) in [7, 11) is 0. The molecule has 4 heteroatoms. The minimum Gasteiger partial charge on any atom is -0.454 e. The number of fused-ring (bicyclic) bond motifs is 7. The number of hydrogen-bond acceptors (Lipinski definition) is 4. The van der Waals surface area contributed by atoms with Crippen LogP contribution >= 0.6 is 11.3 Å². The Morgan fingerprint density at radius 3 is 1.40 bits per heavy atom. The van der Waals surface area contributed by atoms with Gasteiger partial charge in [0, 0.05) is 55.7 Å². The minimum absolute atomic E-state index is 0.888. The zero-order chi connectivity index (χ0) is 33.0. The number of thiophene rings is 1. The first-order valence-corrected chi connectivity index (χ1v) is 17.7. The first-order chi connectivity index (χ1) is 24.8. The van der Waals surface area contributed by atoms with Crippen molar-refractivity contribution in [2.45, 2.75) is 0 Å². The lowest BCUT2D eigenvalue weighted by Crippen LogP contribution is -2.09. The average Bonchev–Trinajstić information content (AvgIpc) is 3.71. The van der Waals surface area contributed by atoms with Crippen LogP contribution in [0.15, 0.2) is 186 Å². The molecule has 2 heterocycles. The molecule has 236 valence electrons. The SMILES string of the molecule is c1ccc(N(c2ccc3ccccc3c2)c2ccc3c(c2)oc2c4ccc(N(c5ccccc5)c5ccc6ccccc6c5)cc4sc32)cc1. The maximum atomic E-state index is 6.73. The highest BCUT2D eigenvalue weighted by molar-refractivity contribution is 7.26. The molecule has 2 aromatic heterocycles. The highest BCUT2D eigenvalue weighted by atomic mass is 32.1. The van der Waals surface area contributed by atoms with E-state index < -0.39 is 0 Å². The van der Waals surface area contributed by atoms with Crippen LogP contribution in [0.1, 0.15) is 0 Å². The molecule has 3 nitrogen and oxygen atoms in total. The lowest BCUT2D eigenvalue weighted by atomic mass is 10.1. The van der Waals surface area contributed by atoms with E-state index >= 15 is 0 Å². The van der Waals surface area contributed by atoms with E-state index in [1.807, 2.05) is 0 Å². The molecule has 0 saturated heterocycles. The topological polar surface area (TPSA) is 19.6 Å². The van der Waals surface area contributed by atoms with Crippen molar-refractivity contribution in [1.82, 2.24) is 0 Å². The summed E-state index contributed by atoms with van der Waals surface area (Å²) >= 11 is 1.80. The van der Waals surface area contributed by atoms with Crippen LogP contribution in [0.2, 0.25) is 0 Å². The Morgan fingerprint density at radius 2 is 0.820 bits per heavy atom. The first kappa shape index (κ1) is 28.6. The van der Waals surface area contributed by atoms with E-state index in [4.69, 9.17) is 4.42 Å². The number of benzene rings is 8. The minimum atomic E-state index is 0.888. The maximum absolute atomic E-state index is 6.73. The Balaban J connectivity index is 1.08. The zero-order valence-electron chi connectivity index (χ0n) is 27.0. The predicted octanol–water partition coefficient (Wildman–Crippen LogP) is 14.0. The van der Waals surface area contributed by atoms with Crippen molar-refractivity contribution >= 4 is 98.3 Å². The normalized spacial score (nSPS) is 11.6. The van der Waals surface area contributed by atoms with E-state index in [9.17, 15) is 0 Å². The first-order valence-electron chi connectivity index (χ1n) is 16.8. The lowest BCUT2D eigenvalue weighted by molar-refractivity contribution is 0.673. The van der Waals surface area contributed by atoms with Gasteiger partial charge in [0.2, 0.25) is 0 Å². The van der Waals surface area contributed by atoms with Crippen molar-refractivity contribution in [3.8, 4) is 0 Å². The third-order valence-electron chi connectivity index (χ3n) is 9.58. The fourth-order valence-corrected chi connectivity index (χ4v) is 8.38. The van der Waals surface area contributed by atoms with Gasteiger partial charge in [0.25, 0.3) is 0 Å². The smallest absolute Gasteiger partial charge is 0.154 e. The molecular weight excluding hydrogens is 629 g/mol. The van der Waals surface area contributed by atoms with Crippen LogP contribution in [-0.4, -0.2) is 0 Å². The van der Waals surface area contributed by atoms with E-state index in [2.05, 4.69) is 192 Å². The highest BCUT2D eigenvalue weighted by Gasteiger charge is 2.20. The standard InChI is InChI=1S/C46H30N2OS/c1-3-15-35(16-4-1)47(37-21-19-31-11-7-9-13-33(31)27-37)39-23-25-41-43(29-39)49-45-42-26-24-40(30-44(42)50-46(41)45)48(36-17-5-2-6-18-36)38-22-20-32-12-8-10-14-34(32)28-38/h1-30H. The van der Waals surface area contributed by atoms with Crippen molar-refractivity contribution in [1.29, 1.82) is 0 Å². The maximum Gasteiger partial charge on any atom is 0.154 e. The molecule has 0 bridgehead atoms. The Hall–Kier alpha value is -6.36. The molecule has 0 atom stereocenters. The van der Waals surface area contributed by atoms with Crippen LogP contribution in [0.25, 0.3) is 52.9 Å². The van der Waals surface area contributed by atoms with Gasteiger partial charge in [0.05, 0.1) is 4.70 Å². The second-order valence-electron chi connectivity index (χ2n) is 12.6. The highest BCUT2D eigenvalue weighted by Crippen LogP contribution is 2.46. The molecule has 8 aromatic carbocycles. The molecular formula is C46H30N2OS. The van der Waals surface area contributed by atoms with E-state index in [1.54, 1.807) is 11.3 Å². The van der Waals surface area contributed by atoms with Crippen LogP contribution in [0, 0.1) is 0 Å². The molecule has 10 aromatic rings. The van der Waals surface area contributed by atoms with Crippen molar-refractivity contribution < 1.29 is 4.42 Å². The van der Waals surface area contributed by atoms with Crippen LogP contribution in [0.4, 0.5) is 34.1 Å². The van der Waals surface area contributed by atoms with Crippen LogP contribution in [-0.2, 0) is 0 Å². The van der Waals surface area contributed by atoms with Crippen molar-refractivity contribution in [3.63, 3.8) is 0 Å². The van der Waals surface area contributed by atoms with E-state index in [0.717, 1.165) is 56.1 Å². The van der Waals surface area contributed by atoms with Gasteiger partial charge < -0.3 is 14.2 Å². The molecule has 0 saturated carbocycles. The summed E-state index contributed by atoms with van der Waals surface area (Å²) in [6.45, 7) is 0. The Kier molecular flexibility index (Phi) is 6.68. The Bertz CT molecular complexity index is 2640. The van der Waals surface area contributed by atoms with Crippen LogP contribution in [0.5, 0.6) is 0 Å². The average molecular weight is 659 g/mol. The summed E-state index contributed by atoms with van der Waals surface area (Å²) in [6, 6.07) is 64.9. The Morgan fingerprint density at radius 1 is 0.360 bits per heavy atom. The summed E-state index contributed by atoms with van der Waals surface area (Å²) in [6.07, 6.45) is 0. The fraction of sp³-hybridized carbons (Fsp3) is 0. The summed E-state index contributed by atoms with van der Waals surface area (Å²) in [5.74, 6) is 0. The van der Waals surface area contributed by atoms with Gasteiger partial charge in [-0.1, -0.05) is 97.1 Å². The van der Waals surface area contributed by atoms with Gasteiger partial charge in [-0.3, -0.25) is 0 Å². The molecule has 50 heavy (non-hydrogen) atoms. The second kappa shape index (κ2) is 11.7. The van der Waals surface area contributed by atoms with Gasteiger partial charge in [0.15, 0.2) is 5.58 Å². The summed E-state index contributed by atoms with van der Waals surface area (Å²) in [4.78, 5) is 4.64. The third kappa shape index (κ3) is 4.80. The third-order valence-corrected chi connectivity index (χ3v) is 10.7. The number of rotatable bonds is 6. The lowest BCUT2D eigenvalue weighted by Gasteiger charge is -2.26. The Labute approximate surface area is 293 Å². The number of para-hydroxylation sites is 2. The predicted molar refractivity (Wildman–Crippen MR) is 213 cm³/mol. The van der Waals surface area contributed by atoms with Crippen molar-refractivity contribution in [2.24, 2.45) is 0 Å². The van der Waals surface area contributed by atoms with E-state index in [-0.39, 0.29) is 0 Å². The van der Waals surface area contributed by atoms with Gasteiger partial charge >= 0.3 is 0 Å². The summed E-state index contributed by atoms with van der Waals surface area (Å²) in [5.41, 5.74) is 8.45. The molecule has 0 N–H and O–H groups in total. The monoisotopic (exact) mass is 658 g/mol. The number of anilines is 6. The van der Waals surface area contributed by atoms with Gasteiger partial charge in [0.1, 0.15) is 5.58 Å². The van der Waals surface area contributed by atoms with Crippen LogP contribution in [0.3, 0.4) is 0 Å². The zero-order valence-corrected chi connectivity index (χ0v) is 27.8. The van der Waals surface area contributed by atoms with Gasteiger partial charge in [-0.05, 0) is 100 Å². The molecule has 0 aliphatic rings. The molecule has 0 radical (unpaired) electrons. The van der Waals surface area contributed by atoms with Gasteiger partial charge in [-0.2, -0.15) is 0 Å². The van der Waals surface area contributed by atoms with Crippen molar-refractivity contribution in [2.75, 3.05) is 9.80 Å². The fourth-order valence-electron chi connectivity index (χ4n) is 7.19. The molecule has 0 unspecified atom stereocenters. The van der Waals surface area contributed by atoms with Gasteiger partial charge in [-0.25, -0.2) is 0 Å². The molecule has 0 aliphatic carbocycles. The number of nitrogens with zero attached hydrogens (tertiary/aromatic N) is 2. The molecule has 0 spiro atoms. The molecule has 10 rings (SSSR count). The molecule has 0 amide bonds. The van der Waals surface area contributed by atoms with E-state index in [0.29, 0.717) is 0 Å². The number of furan rings is 1. The quantitative estimate of drug-likeness (QED) is 0.177. The van der Waals surface area contributed by atoms with Gasteiger partial charge in [-0.15, -0.1) is 11.3 Å². The van der Waals surface area contributed by atoms with E-state index in [1.165, 1.54) is 30.9 Å².